The second-order valence-electron chi connectivity index (χ2n) is 4.69. The van der Waals surface area contributed by atoms with Crippen LogP contribution in [0.15, 0.2) is 0 Å². The van der Waals surface area contributed by atoms with E-state index in [1.165, 1.54) is 0 Å². The highest BCUT2D eigenvalue weighted by molar-refractivity contribution is 9.09. The van der Waals surface area contributed by atoms with Gasteiger partial charge >= 0.3 is 0 Å². The fourth-order valence-electron chi connectivity index (χ4n) is 2.83. The minimum Gasteiger partial charge on any atom is -0.377 e. The average Bonchev–Trinajstić information content (AvgIpc) is 2.96. The zero-order valence-corrected chi connectivity index (χ0v) is 11.4. The lowest BCUT2D eigenvalue weighted by Gasteiger charge is -2.27. The SMILES string of the molecule is CCC1OCCC1C(=O)N1CCCC1CBr. The second-order valence-corrected chi connectivity index (χ2v) is 5.34. The smallest absolute Gasteiger partial charge is 0.228 e. The van der Waals surface area contributed by atoms with Crippen molar-refractivity contribution in [2.75, 3.05) is 18.5 Å². The van der Waals surface area contributed by atoms with Gasteiger partial charge in [0.2, 0.25) is 5.91 Å². The van der Waals surface area contributed by atoms with E-state index >= 15 is 0 Å². The molecule has 0 N–H and O–H groups in total. The monoisotopic (exact) mass is 289 g/mol. The second kappa shape index (κ2) is 5.50. The number of halogens is 1. The van der Waals surface area contributed by atoms with Gasteiger partial charge in [0, 0.05) is 24.5 Å². The molecule has 0 aromatic heterocycles. The maximum absolute atomic E-state index is 12.4. The highest BCUT2D eigenvalue weighted by Crippen LogP contribution is 2.29. The number of alkyl halides is 1. The van der Waals surface area contributed by atoms with Crippen LogP contribution in [0.2, 0.25) is 0 Å². The van der Waals surface area contributed by atoms with Crippen molar-refractivity contribution < 1.29 is 9.53 Å². The average molecular weight is 290 g/mol. The molecule has 2 aliphatic heterocycles. The lowest BCUT2D eigenvalue weighted by molar-refractivity contribution is -0.137. The number of carbonyl (C=O) groups excluding carboxylic acids is 1. The Morgan fingerprint density at radius 1 is 1.50 bits per heavy atom. The number of likely N-dealkylation sites (tertiary alicyclic amines) is 1. The van der Waals surface area contributed by atoms with Crippen molar-refractivity contribution in [3.63, 3.8) is 0 Å². The third-order valence-electron chi connectivity index (χ3n) is 3.77. The summed E-state index contributed by atoms with van der Waals surface area (Å²) in [5.41, 5.74) is 0. The van der Waals surface area contributed by atoms with Gasteiger partial charge in [-0.05, 0) is 25.7 Å². The molecule has 0 aromatic rings. The summed E-state index contributed by atoms with van der Waals surface area (Å²) in [6, 6.07) is 0.408. The largest absolute Gasteiger partial charge is 0.377 e. The first-order chi connectivity index (χ1) is 7.77. The number of amides is 1. The lowest BCUT2D eigenvalue weighted by Crippen LogP contribution is -2.42. The van der Waals surface area contributed by atoms with E-state index in [2.05, 4.69) is 27.8 Å². The molecule has 3 atom stereocenters. The Labute approximate surface area is 106 Å². The Balaban J connectivity index is 2.00. The van der Waals surface area contributed by atoms with Crippen LogP contribution in [0.3, 0.4) is 0 Å². The summed E-state index contributed by atoms with van der Waals surface area (Å²) in [6.45, 7) is 3.78. The normalized spacial score (nSPS) is 34.6. The Kier molecular flexibility index (Phi) is 4.25. The van der Waals surface area contributed by atoms with Crippen molar-refractivity contribution in [3.8, 4) is 0 Å². The topological polar surface area (TPSA) is 29.5 Å². The van der Waals surface area contributed by atoms with Crippen LogP contribution < -0.4 is 0 Å². The molecule has 0 bridgehead atoms. The van der Waals surface area contributed by atoms with Crippen LogP contribution in [0.1, 0.15) is 32.6 Å². The highest BCUT2D eigenvalue weighted by Gasteiger charge is 2.38. The molecule has 2 saturated heterocycles. The van der Waals surface area contributed by atoms with Crippen LogP contribution in [0, 0.1) is 5.92 Å². The molecule has 1 amide bonds. The molecular weight excluding hydrogens is 270 g/mol. The summed E-state index contributed by atoms with van der Waals surface area (Å²) in [5.74, 6) is 0.441. The summed E-state index contributed by atoms with van der Waals surface area (Å²) in [7, 11) is 0. The van der Waals surface area contributed by atoms with Crippen molar-refractivity contribution >= 4 is 21.8 Å². The van der Waals surface area contributed by atoms with E-state index in [-0.39, 0.29) is 12.0 Å². The molecule has 2 aliphatic rings. The van der Waals surface area contributed by atoms with E-state index in [0.717, 1.165) is 44.2 Å². The van der Waals surface area contributed by atoms with Gasteiger partial charge in [0.05, 0.1) is 12.0 Å². The Morgan fingerprint density at radius 2 is 2.31 bits per heavy atom. The maximum Gasteiger partial charge on any atom is 0.228 e. The predicted molar refractivity (Wildman–Crippen MR) is 66.7 cm³/mol. The van der Waals surface area contributed by atoms with Gasteiger partial charge in [-0.15, -0.1) is 0 Å². The molecule has 0 saturated carbocycles. The molecule has 16 heavy (non-hydrogen) atoms. The minimum absolute atomic E-state index is 0.115. The van der Waals surface area contributed by atoms with Crippen LogP contribution >= 0.6 is 15.9 Å². The van der Waals surface area contributed by atoms with Crippen LogP contribution in [-0.4, -0.2) is 41.4 Å². The van der Waals surface area contributed by atoms with Gasteiger partial charge in [0.25, 0.3) is 0 Å². The molecule has 0 aromatic carbocycles. The van der Waals surface area contributed by atoms with Crippen LogP contribution in [0.5, 0.6) is 0 Å². The molecule has 2 rings (SSSR count). The first kappa shape index (κ1) is 12.4. The Hall–Kier alpha value is -0.0900. The third-order valence-corrected chi connectivity index (χ3v) is 4.51. The minimum atomic E-state index is 0.115. The lowest BCUT2D eigenvalue weighted by atomic mass is 9.97. The molecule has 0 spiro atoms. The summed E-state index contributed by atoms with van der Waals surface area (Å²) in [5, 5.41) is 0.906. The van der Waals surface area contributed by atoms with Gasteiger partial charge in [0.15, 0.2) is 0 Å². The molecule has 3 nitrogen and oxygen atoms in total. The number of nitrogens with zero attached hydrogens (tertiary/aromatic N) is 1. The summed E-state index contributed by atoms with van der Waals surface area (Å²) >= 11 is 3.50. The Morgan fingerprint density at radius 3 is 3.00 bits per heavy atom. The standard InChI is InChI=1S/C12H20BrNO2/c1-2-11-10(5-7-16-11)12(15)14-6-3-4-9(14)8-13/h9-11H,2-8H2,1H3. The molecule has 0 aliphatic carbocycles. The number of hydrogen-bond donors (Lipinski definition) is 0. The molecule has 0 radical (unpaired) electrons. The molecule has 2 fully saturated rings. The van der Waals surface area contributed by atoms with Gasteiger partial charge in [-0.3, -0.25) is 4.79 Å². The van der Waals surface area contributed by atoms with E-state index < -0.39 is 0 Å². The first-order valence-electron chi connectivity index (χ1n) is 6.26. The number of carbonyl (C=O) groups is 1. The van der Waals surface area contributed by atoms with Crippen molar-refractivity contribution in [3.05, 3.63) is 0 Å². The van der Waals surface area contributed by atoms with Crippen LogP contribution in [-0.2, 0) is 9.53 Å². The highest BCUT2D eigenvalue weighted by atomic mass is 79.9. The number of rotatable bonds is 3. The summed E-state index contributed by atoms with van der Waals surface area (Å²) in [4.78, 5) is 14.5. The molecule has 92 valence electrons. The first-order valence-corrected chi connectivity index (χ1v) is 7.38. The third kappa shape index (κ3) is 2.28. The van der Waals surface area contributed by atoms with Crippen molar-refractivity contribution in [2.45, 2.75) is 44.8 Å². The van der Waals surface area contributed by atoms with Gasteiger partial charge in [-0.2, -0.15) is 0 Å². The fraction of sp³-hybridized carbons (Fsp3) is 0.917. The quantitative estimate of drug-likeness (QED) is 0.746. The van der Waals surface area contributed by atoms with E-state index in [1.807, 2.05) is 0 Å². The van der Waals surface area contributed by atoms with Crippen LogP contribution in [0.25, 0.3) is 0 Å². The van der Waals surface area contributed by atoms with Gasteiger partial charge in [-0.1, -0.05) is 22.9 Å². The zero-order valence-electron chi connectivity index (χ0n) is 9.82. The summed E-state index contributed by atoms with van der Waals surface area (Å²) < 4.78 is 5.61. The molecule has 2 heterocycles. The van der Waals surface area contributed by atoms with Gasteiger partial charge < -0.3 is 9.64 Å². The van der Waals surface area contributed by atoms with E-state index in [9.17, 15) is 4.79 Å². The predicted octanol–water partition coefficient (Wildman–Crippen LogP) is 2.19. The maximum atomic E-state index is 12.4. The molecule has 3 unspecified atom stereocenters. The van der Waals surface area contributed by atoms with E-state index in [4.69, 9.17) is 4.74 Å². The van der Waals surface area contributed by atoms with Crippen molar-refractivity contribution in [2.24, 2.45) is 5.92 Å². The van der Waals surface area contributed by atoms with E-state index in [0.29, 0.717) is 11.9 Å². The van der Waals surface area contributed by atoms with Gasteiger partial charge in [0.1, 0.15) is 0 Å². The van der Waals surface area contributed by atoms with Crippen molar-refractivity contribution in [1.82, 2.24) is 4.90 Å². The molecular formula is C12H20BrNO2. The Bertz CT molecular complexity index is 235. The van der Waals surface area contributed by atoms with Crippen molar-refractivity contribution in [1.29, 1.82) is 0 Å². The zero-order chi connectivity index (χ0) is 11.5. The fourth-order valence-corrected chi connectivity index (χ4v) is 3.51. The number of hydrogen-bond acceptors (Lipinski definition) is 2. The number of ether oxygens (including phenoxy) is 1. The van der Waals surface area contributed by atoms with E-state index in [1.54, 1.807) is 0 Å². The summed E-state index contributed by atoms with van der Waals surface area (Å²) in [6.07, 6.45) is 4.30. The van der Waals surface area contributed by atoms with Crippen LogP contribution in [0.4, 0.5) is 0 Å². The molecule has 4 heteroatoms. The van der Waals surface area contributed by atoms with Gasteiger partial charge in [-0.25, -0.2) is 0 Å².